The first-order valence-electron chi connectivity index (χ1n) is 31.1. The van der Waals surface area contributed by atoms with E-state index in [-0.39, 0.29) is 68.3 Å². The Morgan fingerprint density at radius 1 is 0.145 bits per heavy atom. The van der Waals surface area contributed by atoms with Gasteiger partial charge in [0.2, 0.25) is 0 Å². The van der Waals surface area contributed by atoms with Gasteiger partial charge in [-0.2, -0.15) is 0 Å². The Balaban J connectivity index is 0.000000207. The largest absolute Gasteiger partial charge is 3.00 e. The van der Waals surface area contributed by atoms with Crippen molar-refractivity contribution in [2.45, 2.75) is 58.7 Å². The standard InChI is InChI=1S/3C20H14N4O12S4.4Fe/c3*25-37(26,27)17-9-1-2-10(21-9)18(38(28,29)30)12-5-6-14(23-12)20(40(34,35)36)16-8-7-15(24-16)19(39(31,32)33)13-4-3-11(17)22-13;;;;/h3*1-8,21,24H,(H,25,26,27)(H,28,29,30)(H,31,32,33)(H,34,35,36);;;;/q;;;4*+3/p-12. The van der Waals surface area contributed by atoms with Crippen molar-refractivity contribution >= 4 is 261 Å². The summed E-state index contributed by atoms with van der Waals surface area (Å²) in [6.45, 7) is 0. The number of aromatic nitrogens is 12. The van der Waals surface area contributed by atoms with Gasteiger partial charge in [0.05, 0.1) is 135 Å². The van der Waals surface area contributed by atoms with E-state index in [0.29, 0.717) is 0 Å². The van der Waals surface area contributed by atoms with Crippen LogP contribution in [0.3, 0.4) is 0 Å². The topological polar surface area (TPSA) is 858 Å². The van der Waals surface area contributed by atoms with Crippen molar-refractivity contribution < 1.29 is 224 Å². The smallest absolute Gasteiger partial charge is 0.744 e. The molecule has 0 spiro atoms. The molecule has 6 aliphatic heterocycles. The van der Waals surface area contributed by atoms with Gasteiger partial charge in [-0.25, -0.2) is 131 Å². The molecule has 124 heavy (non-hydrogen) atoms. The fourth-order valence-electron chi connectivity index (χ4n) is 12.5. The van der Waals surface area contributed by atoms with Crippen LogP contribution in [0.5, 0.6) is 0 Å². The first-order valence-corrected chi connectivity index (χ1v) is 48.0. The number of rotatable bonds is 12. The Morgan fingerprint density at radius 2 is 0.210 bits per heavy atom. The Kier molecular flexibility index (Phi) is 26.9. The molecule has 64 heteroatoms. The Morgan fingerprint density at radius 3 is 0.266 bits per heavy atom. The SMILES string of the molecule is O=S(=O)([O-])c1c2nc(c(S(=O)(=O)[O-])c3ccc([nH]3)c(S(=O)(=O)[O-])c3nc(c(S(=O)(=O)[O-])c4ccc1[nH]4)C=C3)C=C2.O=S(=O)([O-])c1c2nc(c(S(=O)(=O)[O-])c3ccc([nH]3)c(S(=O)(=O)[O-])c3nc(c(S(=O)(=O)[O-])c4ccc1[nH]4)C=C3)C=C2.O=S(=O)([O-])c1c2nc(c(S(=O)(=O)[O-])c3ccc([nH]3)c(S(=O)(=O)[O-])c3nc(c(S(=O)(=O)[O-])c4ccc1[nH]4)C=C3)C=C2.[Fe+3].[Fe+3].[Fe+3].[Fe+3]. The Bertz CT molecular complexity index is 6800. The third-order valence-corrected chi connectivity index (χ3v) is 27.8. The fourth-order valence-corrected chi connectivity index (χ4v) is 21.6. The van der Waals surface area contributed by atoms with Crippen LogP contribution in [0.15, 0.2) is 132 Å². The van der Waals surface area contributed by atoms with E-state index in [1.165, 1.54) is 0 Å². The molecule has 6 aliphatic rings. The molecule has 0 aliphatic carbocycles. The number of hydrogen-bond acceptors (Lipinski definition) is 42. The van der Waals surface area contributed by atoms with E-state index in [2.05, 4.69) is 59.8 Å². The zero-order valence-corrected chi connectivity index (χ0v) is 72.8. The number of aromatic amines is 6. The van der Waals surface area contributed by atoms with Crippen LogP contribution in [-0.2, 0) is 190 Å². The number of nitrogens with one attached hydrogen (secondary N) is 6. The second-order valence-corrected chi connectivity index (χ2v) is 40.2. The number of H-pyrrole nitrogens is 6. The minimum Gasteiger partial charge on any atom is -0.744 e. The van der Waals surface area contributed by atoms with Crippen molar-refractivity contribution in [2.75, 3.05) is 0 Å². The van der Waals surface area contributed by atoms with E-state index >= 15 is 0 Å². The van der Waals surface area contributed by atoms with Gasteiger partial charge in [0, 0.05) is 0 Å². The van der Waals surface area contributed by atoms with Crippen molar-refractivity contribution in [1.29, 1.82) is 0 Å². The molecular formula is C60H30Fe4N12O36S12. The molecule has 15 heterocycles. The third-order valence-electron chi connectivity index (χ3n) is 16.7. The molecule has 9 aromatic heterocycles. The summed E-state index contributed by atoms with van der Waals surface area (Å²) in [6.07, 6.45) is 10.6. The maximum Gasteiger partial charge on any atom is 3.00 e. The van der Waals surface area contributed by atoms with E-state index in [9.17, 15) is 156 Å². The molecule has 9 aromatic rings. The Hall–Kier alpha value is -9.20. The minimum absolute atomic E-state index is 0. The second kappa shape index (κ2) is 33.9. The fraction of sp³-hybridized carbons (Fsp3) is 0. The molecule has 0 fully saturated rings. The summed E-state index contributed by atoms with van der Waals surface area (Å²) in [5.41, 5.74) is -14.8. The summed E-state index contributed by atoms with van der Waals surface area (Å²) < 4.78 is 439. The predicted molar refractivity (Wildman–Crippen MR) is 392 cm³/mol. The van der Waals surface area contributed by atoms with E-state index in [1.807, 2.05) is 0 Å². The van der Waals surface area contributed by atoms with Gasteiger partial charge in [-0.15, -0.1) is 0 Å². The summed E-state index contributed by atoms with van der Waals surface area (Å²) in [5, 5.41) is 0. The predicted octanol–water partition coefficient (Wildman–Crippen LogP) is 0.806. The molecule has 48 nitrogen and oxygen atoms in total. The molecule has 0 aromatic carbocycles. The molecule has 0 saturated carbocycles. The minimum atomic E-state index is -5.42. The van der Waals surface area contributed by atoms with E-state index in [1.54, 1.807) is 0 Å². The van der Waals surface area contributed by atoms with Crippen molar-refractivity contribution in [3.05, 3.63) is 141 Å². The van der Waals surface area contributed by atoms with Crippen LogP contribution in [0.2, 0.25) is 0 Å². The van der Waals surface area contributed by atoms with Crippen LogP contribution in [0.25, 0.3) is 139 Å². The molecule has 24 bridgehead atoms. The van der Waals surface area contributed by atoms with Crippen molar-refractivity contribution in [1.82, 2.24) is 59.8 Å². The van der Waals surface area contributed by atoms with Crippen molar-refractivity contribution in [3.8, 4) is 0 Å². The molecule has 0 amide bonds. The van der Waals surface area contributed by atoms with Gasteiger partial charge in [-0.1, -0.05) is 0 Å². The summed E-state index contributed by atoms with van der Waals surface area (Å²) in [4.78, 5) is 23.5. The summed E-state index contributed by atoms with van der Waals surface area (Å²) in [5.74, 6) is 0. The molecular weight excluding hydrogens is 2070 g/mol. The molecule has 4 radical (unpaired) electrons. The van der Waals surface area contributed by atoms with Gasteiger partial charge >= 0.3 is 68.3 Å². The zero-order valence-electron chi connectivity index (χ0n) is 58.5. The van der Waals surface area contributed by atoms with Gasteiger partial charge < -0.3 is 84.5 Å². The summed E-state index contributed by atoms with van der Waals surface area (Å²) in [6, 6.07) is 10.9. The van der Waals surface area contributed by atoms with E-state index in [4.69, 9.17) is 0 Å². The average molecular weight is 2100 g/mol. The van der Waals surface area contributed by atoms with Crippen LogP contribution >= 0.6 is 0 Å². The van der Waals surface area contributed by atoms with Crippen LogP contribution in [0, 0.1) is 0 Å². The molecule has 0 atom stereocenters. The number of fused-ring (bicyclic) bond motifs is 24. The maximum atomic E-state index is 12.2. The van der Waals surface area contributed by atoms with Crippen molar-refractivity contribution in [2.24, 2.45) is 0 Å². The van der Waals surface area contributed by atoms with Gasteiger partial charge in [-0.05, 0) is 146 Å². The second-order valence-electron chi connectivity index (χ2n) is 24.4. The maximum absolute atomic E-state index is 12.2. The molecule has 0 unspecified atom stereocenters. The summed E-state index contributed by atoms with van der Waals surface area (Å²) in [7, 11) is -65.1. The molecule has 6 N–H and O–H groups in total. The van der Waals surface area contributed by atoms with Gasteiger partial charge in [0.25, 0.3) is 0 Å². The monoisotopic (exact) mass is 2100 g/mol. The summed E-state index contributed by atoms with van der Waals surface area (Å²) >= 11 is 0. The van der Waals surface area contributed by atoms with Gasteiger partial charge in [-0.3, -0.25) is 0 Å². The normalized spacial score (nSPS) is 13.6. The quantitative estimate of drug-likeness (QED) is 0.0728. The molecule has 0 saturated heterocycles. The molecule has 650 valence electrons. The van der Waals surface area contributed by atoms with E-state index < -0.39 is 315 Å². The van der Waals surface area contributed by atoms with Gasteiger partial charge in [0.1, 0.15) is 180 Å². The average Bonchev–Trinajstić information content (AvgIpc) is 1.61. The van der Waals surface area contributed by atoms with E-state index in [0.717, 1.165) is 146 Å². The van der Waals surface area contributed by atoms with Gasteiger partial charge in [0.15, 0.2) is 0 Å². The van der Waals surface area contributed by atoms with Crippen LogP contribution in [0.4, 0.5) is 0 Å². The first-order chi connectivity index (χ1) is 55.1. The van der Waals surface area contributed by atoms with Crippen molar-refractivity contribution in [3.63, 3.8) is 0 Å². The van der Waals surface area contributed by atoms with Crippen LogP contribution in [0.1, 0.15) is 68.3 Å². The first kappa shape index (κ1) is 98.6. The van der Waals surface area contributed by atoms with Crippen LogP contribution < -0.4 is 0 Å². The Labute approximate surface area is 737 Å². The molecule has 15 rings (SSSR count). The number of nitrogens with zero attached hydrogens (tertiary/aromatic N) is 6. The number of hydrogen-bond donors (Lipinski definition) is 6. The third kappa shape index (κ3) is 19.8. The van der Waals surface area contributed by atoms with Crippen LogP contribution in [-0.4, -0.2) is 215 Å². The zero-order chi connectivity index (χ0) is 88.2.